The molecule has 2 heteroatoms. The molecule has 0 aliphatic carbocycles. The average Bonchev–Trinajstić information content (AvgIpc) is 1.61. The fraction of sp³-hybridized carbons (Fsp3) is 0.750. The maximum atomic E-state index is 5.15. The summed E-state index contributed by atoms with van der Waals surface area (Å²) in [7, 11) is 5.15. The first-order valence-corrected chi connectivity index (χ1v) is 2.52. The van der Waals surface area contributed by atoms with E-state index in [4.69, 9.17) is 7.85 Å². The molecule has 0 spiro atoms. The van der Waals surface area contributed by atoms with Crippen molar-refractivity contribution in [2.24, 2.45) is 0 Å². The summed E-state index contributed by atoms with van der Waals surface area (Å²) in [6, 6.07) is 0. The van der Waals surface area contributed by atoms with Gasteiger partial charge in [-0.25, -0.2) is 0 Å². The predicted molar refractivity (Wildman–Crippen MR) is 33.4 cm³/mol. The molecule has 0 amide bonds. The summed E-state index contributed by atoms with van der Waals surface area (Å²) in [4.78, 5) is 0. The van der Waals surface area contributed by atoms with E-state index in [0.717, 1.165) is 19.2 Å². The van der Waals surface area contributed by atoms with E-state index in [2.05, 4.69) is 12.2 Å². The summed E-state index contributed by atoms with van der Waals surface area (Å²) in [5, 5.41) is 1.72. The van der Waals surface area contributed by atoms with Crippen molar-refractivity contribution < 1.29 is 0 Å². The Hall–Kier alpha value is 0.155. The highest BCUT2D eigenvalue weighted by molar-refractivity contribution is 7.78. The van der Waals surface area contributed by atoms with Crippen LogP contribution < -0.4 is 0 Å². The van der Waals surface area contributed by atoms with Crippen LogP contribution in [0, 0.1) is 0 Å². The van der Waals surface area contributed by atoms with Crippen LogP contribution in [-0.2, 0) is 0 Å². The van der Waals surface area contributed by atoms with Gasteiger partial charge in [0.15, 0.2) is 0 Å². The predicted octanol–water partition coefficient (Wildman–Crippen LogP) is 1.35. The normalized spacial score (nSPS) is 8.00. The van der Waals surface area contributed by atoms with Gasteiger partial charge in [-0.15, -0.1) is 0 Å². The summed E-state index contributed by atoms with van der Waals surface area (Å²) in [6.45, 7) is 0. The molecule has 32 valence electrons. The Bertz CT molecular complexity index is 36.5. The summed E-state index contributed by atoms with van der Waals surface area (Å²) in [5.41, 5.74) is 0. The van der Waals surface area contributed by atoms with Crippen LogP contribution in [0.5, 0.6) is 0 Å². The molecule has 0 nitrogen and oxygen atoms in total. The molecule has 0 bridgehead atoms. The third-order valence-corrected chi connectivity index (χ3v) is 0.762. The molecule has 0 saturated heterocycles. The van der Waals surface area contributed by atoms with Gasteiger partial charge >= 0.3 is 0 Å². The van der Waals surface area contributed by atoms with E-state index in [-0.39, 0.29) is 0 Å². The molecule has 0 fully saturated rings. The van der Waals surface area contributed by atoms with Crippen LogP contribution in [0.1, 0.15) is 12.8 Å². The third kappa shape index (κ3) is 4.15. The first-order chi connectivity index (χ1) is 2.91. The third-order valence-electron chi connectivity index (χ3n) is 0.526. The van der Waals surface area contributed by atoms with Crippen molar-refractivity contribution in [1.82, 2.24) is 0 Å². The van der Waals surface area contributed by atoms with Crippen LogP contribution in [0.3, 0.4) is 0 Å². The standard InChI is InChI=1S/C4H7BS/c5-3-1-2-4-6/h4H,1-3H2. The first-order valence-electron chi connectivity index (χ1n) is 2.05. The molecule has 0 aromatic heterocycles. The van der Waals surface area contributed by atoms with Gasteiger partial charge in [-0.1, -0.05) is 25.0 Å². The Morgan fingerprint density at radius 3 is 2.50 bits per heavy atom. The SMILES string of the molecule is [B]CCCC=S. The maximum Gasteiger partial charge on any atom is 0.0653 e. The van der Waals surface area contributed by atoms with Crippen LogP contribution in [0.2, 0.25) is 6.32 Å². The molecule has 0 heterocycles. The van der Waals surface area contributed by atoms with Gasteiger partial charge in [0, 0.05) is 0 Å². The van der Waals surface area contributed by atoms with Crippen molar-refractivity contribution in [2.75, 3.05) is 0 Å². The Balaban J connectivity index is 2.49. The molecular formula is C4H7BS. The van der Waals surface area contributed by atoms with Crippen molar-refractivity contribution >= 4 is 25.4 Å². The minimum atomic E-state index is 0.757. The molecule has 0 saturated carbocycles. The smallest absolute Gasteiger partial charge is 0.0653 e. The van der Waals surface area contributed by atoms with Gasteiger partial charge in [0.1, 0.15) is 0 Å². The fourth-order valence-corrected chi connectivity index (χ4v) is 0.368. The van der Waals surface area contributed by atoms with E-state index in [1.54, 1.807) is 5.37 Å². The molecule has 0 aliphatic rings. The van der Waals surface area contributed by atoms with Crippen molar-refractivity contribution in [3.63, 3.8) is 0 Å². The lowest BCUT2D eigenvalue weighted by Crippen LogP contribution is -1.70. The highest BCUT2D eigenvalue weighted by Gasteiger charge is 1.72. The minimum absolute atomic E-state index is 0.757. The summed E-state index contributed by atoms with van der Waals surface area (Å²) < 4.78 is 0. The van der Waals surface area contributed by atoms with E-state index in [9.17, 15) is 0 Å². The van der Waals surface area contributed by atoms with Gasteiger partial charge in [0.25, 0.3) is 0 Å². The van der Waals surface area contributed by atoms with Crippen molar-refractivity contribution in [1.29, 1.82) is 0 Å². The lowest BCUT2D eigenvalue weighted by Gasteiger charge is -1.80. The molecule has 2 radical (unpaired) electrons. The molecule has 0 aromatic rings. The second kappa shape index (κ2) is 5.15. The summed E-state index contributed by atoms with van der Waals surface area (Å²) in [6.07, 6.45) is 2.77. The zero-order valence-electron chi connectivity index (χ0n) is 3.68. The molecular weight excluding hydrogens is 90.9 g/mol. The zero-order chi connectivity index (χ0) is 4.83. The van der Waals surface area contributed by atoms with Crippen molar-refractivity contribution in [3.05, 3.63) is 0 Å². The molecule has 0 aromatic carbocycles. The number of unbranched alkanes of at least 4 members (excludes halogenated alkanes) is 1. The fourth-order valence-electron chi connectivity index (χ4n) is 0.201. The van der Waals surface area contributed by atoms with E-state index in [1.165, 1.54) is 0 Å². The Labute approximate surface area is 45.3 Å². The van der Waals surface area contributed by atoms with E-state index >= 15 is 0 Å². The van der Waals surface area contributed by atoms with Gasteiger partial charge in [-0.05, 0) is 11.8 Å². The molecule has 0 unspecified atom stereocenters. The van der Waals surface area contributed by atoms with Gasteiger partial charge in [-0.2, -0.15) is 0 Å². The number of hydrogen-bond donors (Lipinski definition) is 0. The highest BCUT2D eigenvalue weighted by Crippen LogP contribution is 1.86. The summed E-state index contributed by atoms with van der Waals surface area (Å²) >= 11 is 4.54. The van der Waals surface area contributed by atoms with E-state index in [1.807, 2.05) is 0 Å². The zero-order valence-corrected chi connectivity index (χ0v) is 4.50. The second-order valence-corrected chi connectivity index (χ2v) is 1.43. The average molecular weight is 98.0 g/mol. The van der Waals surface area contributed by atoms with Crippen LogP contribution in [0.15, 0.2) is 0 Å². The van der Waals surface area contributed by atoms with Crippen molar-refractivity contribution in [2.45, 2.75) is 19.2 Å². The number of hydrogen-bond acceptors (Lipinski definition) is 1. The second-order valence-electron chi connectivity index (χ2n) is 1.10. The van der Waals surface area contributed by atoms with Crippen molar-refractivity contribution in [3.8, 4) is 0 Å². The Kier molecular flexibility index (Phi) is 5.29. The first kappa shape index (κ1) is 6.15. The largest absolute Gasteiger partial charge is 0.0935 e. The minimum Gasteiger partial charge on any atom is -0.0935 e. The monoisotopic (exact) mass is 98.0 g/mol. The molecule has 0 atom stereocenters. The lowest BCUT2D eigenvalue weighted by molar-refractivity contribution is 1.01. The van der Waals surface area contributed by atoms with Gasteiger partial charge in [0.2, 0.25) is 0 Å². The maximum absolute atomic E-state index is 5.15. The van der Waals surface area contributed by atoms with Gasteiger partial charge in [-0.3, -0.25) is 0 Å². The van der Waals surface area contributed by atoms with Crippen LogP contribution in [0.25, 0.3) is 0 Å². The van der Waals surface area contributed by atoms with Crippen LogP contribution in [0.4, 0.5) is 0 Å². The molecule has 6 heavy (non-hydrogen) atoms. The Morgan fingerprint density at radius 1 is 1.67 bits per heavy atom. The number of rotatable bonds is 3. The van der Waals surface area contributed by atoms with Gasteiger partial charge < -0.3 is 0 Å². The topological polar surface area (TPSA) is 0 Å². The molecule has 0 aliphatic heterocycles. The quantitative estimate of drug-likeness (QED) is 0.291. The molecule has 0 N–H and O–H groups in total. The van der Waals surface area contributed by atoms with Gasteiger partial charge in [0.05, 0.1) is 7.85 Å². The lowest BCUT2D eigenvalue weighted by atomic mass is 10.0. The van der Waals surface area contributed by atoms with Crippen LogP contribution in [-0.4, -0.2) is 13.2 Å². The summed E-state index contributed by atoms with van der Waals surface area (Å²) in [5.74, 6) is 0. The van der Waals surface area contributed by atoms with E-state index in [0.29, 0.717) is 0 Å². The van der Waals surface area contributed by atoms with Crippen LogP contribution >= 0.6 is 12.2 Å². The number of thiocarbonyl (C=S) groups is 1. The highest BCUT2D eigenvalue weighted by atomic mass is 32.1. The van der Waals surface area contributed by atoms with E-state index < -0.39 is 0 Å². The molecule has 0 rings (SSSR count). The Morgan fingerprint density at radius 2 is 2.33 bits per heavy atom.